The van der Waals surface area contributed by atoms with E-state index in [1.54, 1.807) is 0 Å². The Morgan fingerprint density at radius 2 is 1.31 bits per heavy atom. The highest BCUT2D eigenvalue weighted by molar-refractivity contribution is 7.89. The number of halogens is 1. The van der Waals surface area contributed by atoms with Gasteiger partial charge in [-0.3, -0.25) is 20.2 Å². The molecule has 0 radical (unpaired) electrons. The van der Waals surface area contributed by atoms with Crippen molar-refractivity contribution in [3.05, 3.63) is 61.6 Å². The number of hydrazine groups is 1. The van der Waals surface area contributed by atoms with Crippen LogP contribution in [0.2, 0.25) is 5.02 Å². The average molecular weight is 552 g/mol. The number of nitrogens with two attached hydrogens (primary N) is 2. The maximum Gasteiger partial charge on any atom is 0.295 e. The van der Waals surface area contributed by atoms with Crippen molar-refractivity contribution in [2.45, 2.75) is 9.79 Å². The summed E-state index contributed by atoms with van der Waals surface area (Å²) >= 11 is 5.46. The van der Waals surface area contributed by atoms with Gasteiger partial charge in [-0.05, 0) is 31.3 Å². The van der Waals surface area contributed by atoms with Gasteiger partial charge >= 0.3 is 0 Å². The van der Waals surface area contributed by atoms with Gasteiger partial charge in [0.15, 0.2) is 0 Å². The minimum atomic E-state index is -3.97. The second kappa shape index (κ2) is 11.2. The molecule has 1 aliphatic rings. The highest BCUT2D eigenvalue weighted by atomic mass is 35.5. The van der Waals surface area contributed by atoms with Gasteiger partial charge in [0, 0.05) is 38.3 Å². The summed E-state index contributed by atoms with van der Waals surface area (Å²) in [4.78, 5) is 21.6. The lowest BCUT2D eigenvalue weighted by atomic mass is 10.2. The molecule has 2 aromatic rings. The van der Waals surface area contributed by atoms with E-state index in [4.69, 9.17) is 21.9 Å². The van der Waals surface area contributed by atoms with Gasteiger partial charge < -0.3 is 10.3 Å². The number of sulfonamides is 2. The Morgan fingerprint density at radius 3 is 1.77 bits per heavy atom. The third-order valence-electron chi connectivity index (χ3n) is 4.72. The van der Waals surface area contributed by atoms with Crippen molar-refractivity contribution >= 4 is 48.7 Å². The molecule has 1 aliphatic heterocycles. The van der Waals surface area contributed by atoms with Crippen molar-refractivity contribution in [3.8, 4) is 0 Å². The predicted octanol–water partition coefficient (Wildman–Crippen LogP) is 0.712. The van der Waals surface area contributed by atoms with E-state index in [9.17, 15) is 37.1 Å². The van der Waals surface area contributed by atoms with Gasteiger partial charge in [-0.15, -0.1) is 0 Å². The van der Waals surface area contributed by atoms with Gasteiger partial charge in [-0.2, -0.15) is 0 Å². The maximum atomic E-state index is 11.3. The number of rotatable bonds is 6. The van der Waals surface area contributed by atoms with Gasteiger partial charge in [-0.25, -0.2) is 32.1 Å². The van der Waals surface area contributed by atoms with Crippen molar-refractivity contribution in [1.82, 2.24) is 9.91 Å². The third kappa shape index (κ3) is 8.06. The minimum Gasteiger partial charge on any atom is -0.313 e. The lowest BCUT2D eigenvalue weighted by molar-refractivity contribution is -0.384. The van der Waals surface area contributed by atoms with Gasteiger partial charge in [-0.1, -0.05) is 11.6 Å². The Kier molecular flexibility index (Phi) is 9.06. The number of hydrogen-bond donors (Lipinski definition) is 3. The lowest BCUT2D eigenvalue weighted by Gasteiger charge is -2.32. The van der Waals surface area contributed by atoms with E-state index in [0.717, 1.165) is 37.4 Å². The Balaban J connectivity index is 0.000000269. The molecule has 35 heavy (non-hydrogen) atoms. The summed E-state index contributed by atoms with van der Waals surface area (Å²) in [5.74, 6) is 0. The molecule has 0 aromatic heterocycles. The summed E-state index contributed by atoms with van der Waals surface area (Å²) in [6.45, 7) is 3.11. The standard InChI is InChI=1S/C11H17N5O4S.C6H5ClN2O4S/c1-14-4-6-15(7-5-14)13-10-3-2-9(21(12,19)20)8-11(10)16(17)18;7-5-2-1-4(14(8,12)13)3-6(5)9(10)11/h2-3,8,13H,4-7H2,1H3,(H2,12,19,20);1-3H,(H2,8,12,13). The van der Waals surface area contributed by atoms with Crippen LogP contribution in [0.15, 0.2) is 46.2 Å². The van der Waals surface area contributed by atoms with Crippen LogP contribution in [0, 0.1) is 20.2 Å². The summed E-state index contributed by atoms with van der Waals surface area (Å²) in [5, 5.41) is 33.0. The van der Waals surface area contributed by atoms with Gasteiger partial charge in [0.25, 0.3) is 11.4 Å². The molecule has 1 saturated heterocycles. The Bertz CT molecular complexity index is 1330. The first kappa shape index (κ1) is 28.3. The number of anilines is 1. The van der Waals surface area contributed by atoms with Crippen LogP contribution < -0.4 is 15.7 Å². The summed E-state index contributed by atoms with van der Waals surface area (Å²) in [6, 6.07) is 6.60. The first-order valence-electron chi connectivity index (χ1n) is 9.57. The normalized spacial score (nSPS) is 15.1. The smallest absolute Gasteiger partial charge is 0.295 e. The molecule has 0 atom stereocenters. The number of nitrogens with one attached hydrogen (secondary N) is 1. The number of benzene rings is 2. The molecular formula is C17H22ClN7O8S2. The Labute approximate surface area is 205 Å². The van der Waals surface area contributed by atoms with Crippen LogP contribution in [0.25, 0.3) is 0 Å². The molecule has 2 aromatic carbocycles. The lowest BCUT2D eigenvalue weighted by Crippen LogP contribution is -2.47. The highest BCUT2D eigenvalue weighted by Gasteiger charge is 2.22. The average Bonchev–Trinajstić information content (AvgIpc) is 2.74. The number of nitro benzene ring substituents is 2. The second-order valence-electron chi connectivity index (χ2n) is 7.30. The second-order valence-corrected chi connectivity index (χ2v) is 10.8. The van der Waals surface area contributed by atoms with Crippen LogP contribution >= 0.6 is 11.6 Å². The highest BCUT2D eigenvalue weighted by Crippen LogP contribution is 2.28. The van der Waals surface area contributed by atoms with Crippen molar-refractivity contribution in [3.63, 3.8) is 0 Å². The van der Waals surface area contributed by atoms with Crippen LogP contribution in [0.3, 0.4) is 0 Å². The van der Waals surface area contributed by atoms with Crippen LogP contribution in [0.5, 0.6) is 0 Å². The number of likely N-dealkylation sites (N-methyl/N-ethyl adjacent to an activating group) is 1. The molecule has 0 amide bonds. The number of primary sulfonamides is 2. The molecule has 1 fully saturated rings. The number of nitrogens with zero attached hydrogens (tertiary/aromatic N) is 4. The molecule has 192 valence electrons. The molecule has 18 heteroatoms. The molecule has 3 rings (SSSR count). The molecule has 15 nitrogen and oxygen atoms in total. The number of nitro groups is 2. The maximum absolute atomic E-state index is 11.3. The zero-order valence-corrected chi connectivity index (χ0v) is 20.6. The molecule has 0 spiro atoms. The van der Waals surface area contributed by atoms with E-state index >= 15 is 0 Å². The van der Waals surface area contributed by atoms with Gasteiger partial charge in [0.05, 0.1) is 19.6 Å². The van der Waals surface area contributed by atoms with E-state index in [2.05, 4.69) is 10.3 Å². The fourth-order valence-electron chi connectivity index (χ4n) is 2.83. The molecule has 0 unspecified atom stereocenters. The largest absolute Gasteiger partial charge is 0.313 e. The SMILES string of the molecule is CN1CCN(Nc2ccc(S(N)(=O)=O)cc2[N+](=O)[O-])CC1.NS(=O)(=O)c1ccc(Cl)c([N+](=O)[O-])c1. The zero-order chi connectivity index (χ0) is 26.6. The quantitative estimate of drug-likeness (QED) is 0.334. The molecule has 0 bridgehead atoms. The summed E-state index contributed by atoms with van der Waals surface area (Å²) in [5.41, 5.74) is 2.40. The molecule has 1 heterocycles. The van der Waals surface area contributed by atoms with Crippen molar-refractivity contribution < 1.29 is 26.7 Å². The van der Waals surface area contributed by atoms with E-state index in [-0.39, 0.29) is 26.2 Å². The van der Waals surface area contributed by atoms with Crippen LogP contribution in [-0.2, 0) is 20.0 Å². The van der Waals surface area contributed by atoms with E-state index in [1.165, 1.54) is 12.1 Å². The monoisotopic (exact) mass is 551 g/mol. The zero-order valence-electron chi connectivity index (χ0n) is 18.2. The van der Waals surface area contributed by atoms with Crippen molar-refractivity contribution in [1.29, 1.82) is 0 Å². The summed E-state index contributed by atoms with van der Waals surface area (Å²) in [6.07, 6.45) is 0. The third-order valence-corrected chi connectivity index (χ3v) is 6.86. The van der Waals surface area contributed by atoms with Crippen molar-refractivity contribution in [2.75, 3.05) is 38.7 Å². The van der Waals surface area contributed by atoms with E-state index < -0.39 is 35.6 Å². The first-order chi connectivity index (χ1) is 16.1. The summed E-state index contributed by atoms with van der Waals surface area (Å²) in [7, 11) is -5.91. The van der Waals surface area contributed by atoms with Crippen molar-refractivity contribution in [2.24, 2.45) is 10.3 Å². The minimum absolute atomic E-state index is 0.137. The molecule has 0 aliphatic carbocycles. The Hall–Kier alpha value is -2.93. The fourth-order valence-corrected chi connectivity index (χ4v) is 4.09. The molecular weight excluding hydrogens is 530 g/mol. The first-order valence-corrected chi connectivity index (χ1v) is 13.0. The van der Waals surface area contributed by atoms with Gasteiger partial charge in [0.2, 0.25) is 20.0 Å². The number of hydrogen-bond acceptors (Lipinski definition) is 11. The molecule has 0 saturated carbocycles. The Morgan fingerprint density at radius 1 is 0.857 bits per heavy atom. The van der Waals surface area contributed by atoms with Crippen LogP contribution in [-0.4, -0.2) is 69.8 Å². The fraction of sp³-hybridized carbons (Fsp3) is 0.294. The topological polar surface area (TPSA) is 225 Å². The van der Waals surface area contributed by atoms with E-state index in [1.807, 2.05) is 12.1 Å². The predicted molar refractivity (Wildman–Crippen MR) is 127 cm³/mol. The molecule has 5 N–H and O–H groups in total. The van der Waals surface area contributed by atoms with E-state index in [0.29, 0.717) is 13.1 Å². The number of piperazine rings is 1. The van der Waals surface area contributed by atoms with Gasteiger partial charge in [0.1, 0.15) is 10.7 Å². The van der Waals surface area contributed by atoms with Crippen LogP contribution in [0.1, 0.15) is 0 Å². The summed E-state index contributed by atoms with van der Waals surface area (Å²) < 4.78 is 44.2. The van der Waals surface area contributed by atoms with Crippen LogP contribution in [0.4, 0.5) is 17.1 Å².